The van der Waals surface area contributed by atoms with E-state index in [1.165, 1.54) is 0 Å². The summed E-state index contributed by atoms with van der Waals surface area (Å²) in [5.74, 6) is 2.66. The molecule has 1 fully saturated rings. The van der Waals surface area contributed by atoms with Crippen LogP contribution in [0.15, 0.2) is 0 Å². The maximum Gasteiger partial charge on any atom is 0.242 e. The summed E-state index contributed by atoms with van der Waals surface area (Å²) < 4.78 is 0. The van der Waals surface area contributed by atoms with E-state index in [0.29, 0.717) is 6.54 Å². The molecule has 0 saturated carbocycles. The molecule has 0 spiro atoms. The van der Waals surface area contributed by atoms with Crippen molar-refractivity contribution in [2.24, 2.45) is 0 Å². The summed E-state index contributed by atoms with van der Waals surface area (Å²) in [5.41, 5.74) is 1.02. The first-order valence-electron chi connectivity index (χ1n) is 7.78. The maximum absolute atomic E-state index is 12.1. The van der Waals surface area contributed by atoms with Gasteiger partial charge in [0.1, 0.15) is 23.5 Å². The lowest BCUT2D eigenvalue weighted by Gasteiger charge is -2.36. The van der Waals surface area contributed by atoms with Crippen LogP contribution in [0.3, 0.4) is 0 Å². The Bertz CT molecular complexity index is 517. The Kier molecular flexibility index (Phi) is 4.98. The fourth-order valence-electron chi connectivity index (χ4n) is 2.70. The zero-order valence-corrected chi connectivity index (χ0v) is 13.4. The standard InChI is InChI=1S/C15H25N5O/c1-5-11-15(21)17-8-9-20(11)14-10(4)13(16-7-3)18-12(6-2)19-14/h11H,5-9H2,1-4H3,(H,17,21)(H,16,18,19). The molecule has 6 heteroatoms. The molecular weight excluding hydrogens is 266 g/mol. The minimum Gasteiger partial charge on any atom is -0.370 e. The van der Waals surface area contributed by atoms with E-state index in [0.717, 1.165) is 49.0 Å². The quantitative estimate of drug-likeness (QED) is 0.860. The first-order chi connectivity index (χ1) is 10.1. The summed E-state index contributed by atoms with van der Waals surface area (Å²) in [5, 5.41) is 6.23. The molecule has 21 heavy (non-hydrogen) atoms. The SMILES string of the molecule is CCNc1nc(CC)nc(N2CCNC(=O)C2CC)c1C. The molecule has 0 aliphatic carbocycles. The molecule has 1 amide bonds. The van der Waals surface area contributed by atoms with Gasteiger partial charge in [-0.25, -0.2) is 9.97 Å². The molecular formula is C15H25N5O. The first-order valence-corrected chi connectivity index (χ1v) is 7.78. The fraction of sp³-hybridized carbons (Fsp3) is 0.667. The van der Waals surface area contributed by atoms with Gasteiger partial charge in [-0.2, -0.15) is 0 Å². The van der Waals surface area contributed by atoms with Crippen LogP contribution in [0.1, 0.15) is 38.6 Å². The van der Waals surface area contributed by atoms with E-state index >= 15 is 0 Å². The molecule has 1 unspecified atom stereocenters. The van der Waals surface area contributed by atoms with Gasteiger partial charge >= 0.3 is 0 Å². The zero-order valence-electron chi connectivity index (χ0n) is 13.4. The number of anilines is 2. The van der Waals surface area contributed by atoms with Crippen LogP contribution in [0.4, 0.5) is 11.6 Å². The van der Waals surface area contributed by atoms with Crippen LogP contribution in [0.5, 0.6) is 0 Å². The number of hydrogen-bond donors (Lipinski definition) is 2. The highest BCUT2D eigenvalue weighted by molar-refractivity contribution is 5.86. The second-order valence-corrected chi connectivity index (χ2v) is 5.23. The number of nitrogens with one attached hydrogen (secondary N) is 2. The van der Waals surface area contributed by atoms with Crippen molar-refractivity contribution in [3.63, 3.8) is 0 Å². The number of carbonyl (C=O) groups excluding carboxylic acids is 1. The van der Waals surface area contributed by atoms with Crippen molar-refractivity contribution in [3.05, 3.63) is 11.4 Å². The monoisotopic (exact) mass is 291 g/mol. The molecule has 0 aromatic carbocycles. The van der Waals surface area contributed by atoms with E-state index < -0.39 is 0 Å². The zero-order chi connectivity index (χ0) is 15.4. The molecule has 0 bridgehead atoms. The summed E-state index contributed by atoms with van der Waals surface area (Å²) in [6.07, 6.45) is 1.55. The Morgan fingerprint density at radius 1 is 1.33 bits per heavy atom. The predicted molar refractivity (Wildman–Crippen MR) is 84.7 cm³/mol. The van der Waals surface area contributed by atoms with Gasteiger partial charge in [0.15, 0.2) is 0 Å². The lowest BCUT2D eigenvalue weighted by molar-refractivity contribution is -0.123. The topological polar surface area (TPSA) is 70.2 Å². The summed E-state index contributed by atoms with van der Waals surface area (Å²) in [7, 11) is 0. The van der Waals surface area contributed by atoms with E-state index in [1.807, 2.05) is 20.8 Å². The Hall–Kier alpha value is -1.85. The lowest BCUT2D eigenvalue weighted by atomic mass is 10.1. The van der Waals surface area contributed by atoms with Gasteiger partial charge in [0.25, 0.3) is 0 Å². The molecule has 1 atom stereocenters. The number of nitrogens with zero attached hydrogens (tertiary/aromatic N) is 3. The number of rotatable bonds is 5. The molecule has 1 aliphatic rings. The summed E-state index contributed by atoms with van der Waals surface area (Å²) in [6.45, 7) is 10.4. The Morgan fingerprint density at radius 3 is 2.71 bits per heavy atom. The number of aryl methyl sites for hydroxylation is 1. The number of piperazine rings is 1. The third-order valence-corrected chi connectivity index (χ3v) is 3.82. The summed E-state index contributed by atoms with van der Waals surface area (Å²) in [4.78, 5) is 23.4. The molecule has 116 valence electrons. The van der Waals surface area contributed by atoms with E-state index in [9.17, 15) is 4.79 Å². The smallest absolute Gasteiger partial charge is 0.242 e. The molecule has 1 saturated heterocycles. The van der Waals surface area contributed by atoms with Crippen molar-refractivity contribution in [3.8, 4) is 0 Å². The normalized spacial score (nSPS) is 18.6. The van der Waals surface area contributed by atoms with Gasteiger partial charge in [-0.15, -0.1) is 0 Å². The molecule has 2 N–H and O–H groups in total. The van der Waals surface area contributed by atoms with Crippen LogP contribution in [-0.4, -0.2) is 41.6 Å². The van der Waals surface area contributed by atoms with Crippen molar-refractivity contribution in [1.29, 1.82) is 0 Å². The van der Waals surface area contributed by atoms with Gasteiger partial charge < -0.3 is 15.5 Å². The van der Waals surface area contributed by atoms with E-state index in [-0.39, 0.29) is 11.9 Å². The van der Waals surface area contributed by atoms with Crippen LogP contribution in [-0.2, 0) is 11.2 Å². The van der Waals surface area contributed by atoms with E-state index in [1.54, 1.807) is 0 Å². The highest BCUT2D eigenvalue weighted by atomic mass is 16.2. The van der Waals surface area contributed by atoms with Gasteiger partial charge in [-0.3, -0.25) is 4.79 Å². The third kappa shape index (κ3) is 3.09. The number of hydrogen-bond acceptors (Lipinski definition) is 5. The van der Waals surface area contributed by atoms with Gasteiger partial charge in [0.05, 0.1) is 0 Å². The average molecular weight is 291 g/mol. The minimum absolute atomic E-state index is 0.0878. The molecule has 1 aliphatic heterocycles. The largest absolute Gasteiger partial charge is 0.370 e. The number of aromatic nitrogens is 2. The lowest BCUT2D eigenvalue weighted by Crippen LogP contribution is -2.55. The maximum atomic E-state index is 12.1. The summed E-state index contributed by atoms with van der Waals surface area (Å²) in [6, 6.07) is -0.147. The van der Waals surface area contributed by atoms with Crippen LogP contribution in [0, 0.1) is 6.92 Å². The Balaban J connectivity index is 2.45. The Morgan fingerprint density at radius 2 is 2.10 bits per heavy atom. The molecule has 2 rings (SSSR count). The first kappa shape index (κ1) is 15.5. The molecule has 6 nitrogen and oxygen atoms in total. The minimum atomic E-state index is -0.147. The van der Waals surface area contributed by atoms with Crippen LogP contribution < -0.4 is 15.5 Å². The highest BCUT2D eigenvalue weighted by Crippen LogP contribution is 2.27. The van der Waals surface area contributed by atoms with Crippen molar-refractivity contribution in [1.82, 2.24) is 15.3 Å². The number of carbonyl (C=O) groups is 1. The van der Waals surface area contributed by atoms with Crippen molar-refractivity contribution < 1.29 is 4.79 Å². The van der Waals surface area contributed by atoms with Gasteiger partial charge in [0, 0.05) is 31.6 Å². The van der Waals surface area contributed by atoms with Crippen molar-refractivity contribution >= 4 is 17.5 Å². The number of amides is 1. The second kappa shape index (κ2) is 6.74. The Labute approximate surface area is 126 Å². The molecule has 0 radical (unpaired) electrons. The van der Waals surface area contributed by atoms with Crippen molar-refractivity contribution in [2.75, 3.05) is 29.9 Å². The van der Waals surface area contributed by atoms with Crippen LogP contribution >= 0.6 is 0 Å². The van der Waals surface area contributed by atoms with Gasteiger partial charge in [-0.1, -0.05) is 13.8 Å². The average Bonchev–Trinajstić information content (AvgIpc) is 2.49. The molecule has 2 heterocycles. The van der Waals surface area contributed by atoms with Crippen molar-refractivity contribution in [2.45, 2.75) is 46.6 Å². The highest BCUT2D eigenvalue weighted by Gasteiger charge is 2.30. The van der Waals surface area contributed by atoms with E-state index in [2.05, 4.69) is 32.4 Å². The van der Waals surface area contributed by atoms with E-state index in [4.69, 9.17) is 0 Å². The second-order valence-electron chi connectivity index (χ2n) is 5.23. The molecule has 1 aromatic rings. The predicted octanol–water partition coefficient (Wildman–Crippen LogP) is 1.49. The fourth-order valence-corrected chi connectivity index (χ4v) is 2.70. The van der Waals surface area contributed by atoms with Crippen LogP contribution in [0.25, 0.3) is 0 Å². The van der Waals surface area contributed by atoms with Gasteiger partial charge in [0.2, 0.25) is 5.91 Å². The summed E-state index contributed by atoms with van der Waals surface area (Å²) >= 11 is 0. The van der Waals surface area contributed by atoms with Gasteiger partial charge in [-0.05, 0) is 20.3 Å². The third-order valence-electron chi connectivity index (χ3n) is 3.82. The molecule has 1 aromatic heterocycles. The van der Waals surface area contributed by atoms with Crippen LogP contribution in [0.2, 0.25) is 0 Å².